The van der Waals surface area contributed by atoms with Gasteiger partial charge in [0.15, 0.2) is 0 Å². The molecule has 0 aliphatic carbocycles. The van der Waals surface area contributed by atoms with E-state index in [1.165, 1.54) is 0 Å². The molecule has 3 nitrogen and oxygen atoms in total. The molecule has 0 aromatic heterocycles. The van der Waals surface area contributed by atoms with E-state index in [9.17, 15) is 4.79 Å². The third kappa shape index (κ3) is 5.84. The molecule has 1 amide bonds. The van der Waals surface area contributed by atoms with E-state index >= 15 is 0 Å². The Morgan fingerprint density at radius 3 is 2.61 bits per heavy atom. The summed E-state index contributed by atoms with van der Waals surface area (Å²) in [6.07, 6.45) is 3.10. The Bertz CT molecular complexity index is 367. The first-order chi connectivity index (χ1) is 8.13. The molecule has 100 valence electrons. The summed E-state index contributed by atoms with van der Waals surface area (Å²) in [7, 11) is 0. The molecule has 1 aromatic rings. The molecule has 0 spiro atoms. The molecule has 0 bridgehead atoms. The van der Waals surface area contributed by atoms with Gasteiger partial charge in [-0.1, -0.05) is 36.4 Å². The molecule has 0 radical (unpaired) electrons. The fourth-order valence-corrected chi connectivity index (χ4v) is 1.62. The van der Waals surface area contributed by atoms with Crippen molar-refractivity contribution < 1.29 is 4.79 Å². The van der Waals surface area contributed by atoms with E-state index < -0.39 is 6.04 Å². The molecule has 1 rings (SSSR count). The molecule has 1 unspecified atom stereocenters. The van der Waals surface area contributed by atoms with E-state index in [0.29, 0.717) is 6.42 Å². The van der Waals surface area contributed by atoms with E-state index in [2.05, 4.69) is 11.9 Å². The molecule has 4 heteroatoms. The summed E-state index contributed by atoms with van der Waals surface area (Å²) in [6.45, 7) is 5.58. The van der Waals surface area contributed by atoms with Crippen LogP contribution < -0.4 is 11.1 Å². The smallest absolute Gasteiger partial charge is 0.237 e. The number of rotatable bonds is 6. The molecule has 0 aliphatic rings. The van der Waals surface area contributed by atoms with Crippen LogP contribution in [0.25, 0.3) is 0 Å². The van der Waals surface area contributed by atoms with Crippen LogP contribution in [0.1, 0.15) is 18.9 Å². The van der Waals surface area contributed by atoms with Crippen molar-refractivity contribution in [3.8, 4) is 0 Å². The topological polar surface area (TPSA) is 55.1 Å². The van der Waals surface area contributed by atoms with Gasteiger partial charge in [-0.3, -0.25) is 4.79 Å². The molecular weight excluding hydrogens is 248 g/mol. The lowest BCUT2D eigenvalue weighted by Crippen LogP contribution is -2.45. The average Bonchev–Trinajstić information content (AvgIpc) is 2.30. The van der Waals surface area contributed by atoms with Crippen molar-refractivity contribution >= 4 is 18.3 Å². The van der Waals surface area contributed by atoms with Crippen LogP contribution in [-0.4, -0.2) is 18.0 Å². The van der Waals surface area contributed by atoms with Crippen molar-refractivity contribution in [3.05, 3.63) is 48.6 Å². The minimum atomic E-state index is -0.496. The van der Waals surface area contributed by atoms with Crippen LogP contribution in [0.5, 0.6) is 0 Å². The molecular formula is C14H21ClN2O. The standard InChI is InChI=1S/C14H20N2O.ClH/c1-3-7-11(2)16-14(17)13(15)10-12-8-5-4-6-9-12;/h3-6,8-9,11,13H,1,7,10,15H2,2H3,(H,16,17);1H/t11?,13-;/m0./s1. The lowest BCUT2D eigenvalue weighted by atomic mass is 10.1. The molecule has 0 saturated carbocycles. The van der Waals surface area contributed by atoms with Crippen LogP contribution in [-0.2, 0) is 11.2 Å². The monoisotopic (exact) mass is 268 g/mol. The summed E-state index contributed by atoms with van der Waals surface area (Å²) in [6, 6.07) is 9.37. The van der Waals surface area contributed by atoms with E-state index in [4.69, 9.17) is 5.73 Å². The van der Waals surface area contributed by atoms with Crippen molar-refractivity contribution in [2.75, 3.05) is 0 Å². The van der Waals surface area contributed by atoms with Crippen molar-refractivity contribution in [2.24, 2.45) is 5.73 Å². The van der Waals surface area contributed by atoms with Gasteiger partial charge in [-0.25, -0.2) is 0 Å². The number of carbonyl (C=O) groups is 1. The Morgan fingerprint density at radius 2 is 2.06 bits per heavy atom. The normalized spacial score (nSPS) is 13.0. The molecule has 1 aromatic carbocycles. The largest absolute Gasteiger partial charge is 0.352 e. The fraction of sp³-hybridized carbons (Fsp3) is 0.357. The fourth-order valence-electron chi connectivity index (χ4n) is 1.62. The first-order valence-corrected chi connectivity index (χ1v) is 5.84. The second kappa shape index (κ2) is 8.72. The maximum Gasteiger partial charge on any atom is 0.237 e. The van der Waals surface area contributed by atoms with Crippen molar-refractivity contribution in [2.45, 2.75) is 31.8 Å². The SMILES string of the molecule is C=CCC(C)NC(=O)[C@@H](N)Cc1ccccc1.Cl. The highest BCUT2D eigenvalue weighted by atomic mass is 35.5. The van der Waals surface area contributed by atoms with Gasteiger partial charge in [0.25, 0.3) is 0 Å². The second-order valence-electron chi connectivity index (χ2n) is 4.23. The maximum absolute atomic E-state index is 11.8. The van der Waals surface area contributed by atoms with Crippen LogP contribution in [0.3, 0.4) is 0 Å². The number of hydrogen-bond acceptors (Lipinski definition) is 2. The number of nitrogens with one attached hydrogen (secondary N) is 1. The summed E-state index contributed by atoms with van der Waals surface area (Å²) in [4.78, 5) is 11.8. The van der Waals surface area contributed by atoms with Gasteiger partial charge >= 0.3 is 0 Å². The van der Waals surface area contributed by atoms with Gasteiger partial charge in [0, 0.05) is 6.04 Å². The van der Waals surface area contributed by atoms with Gasteiger partial charge in [0.1, 0.15) is 0 Å². The summed E-state index contributed by atoms with van der Waals surface area (Å²) in [5, 5.41) is 2.87. The molecule has 2 atom stereocenters. The van der Waals surface area contributed by atoms with E-state index in [1.807, 2.05) is 37.3 Å². The lowest BCUT2D eigenvalue weighted by Gasteiger charge is -2.16. The Hall–Kier alpha value is -1.32. The van der Waals surface area contributed by atoms with Crippen molar-refractivity contribution in [1.29, 1.82) is 0 Å². The summed E-state index contributed by atoms with van der Waals surface area (Å²) in [5.41, 5.74) is 6.93. The number of carbonyl (C=O) groups excluding carboxylic acids is 1. The number of benzene rings is 1. The van der Waals surface area contributed by atoms with Crippen molar-refractivity contribution in [1.82, 2.24) is 5.32 Å². The zero-order valence-corrected chi connectivity index (χ0v) is 11.5. The van der Waals surface area contributed by atoms with Crippen LogP contribution in [0, 0.1) is 0 Å². The zero-order chi connectivity index (χ0) is 12.7. The highest BCUT2D eigenvalue weighted by molar-refractivity contribution is 5.85. The van der Waals surface area contributed by atoms with Gasteiger partial charge < -0.3 is 11.1 Å². The number of amides is 1. The first kappa shape index (κ1) is 16.7. The summed E-state index contributed by atoms with van der Waals surface area (Å²) >= 11 is 0. The predicted octanol–water partition coefficient (Wildman–Crippen LogP) is 2.06. The van der Waals surface area contributed by atoms with Gasteiger partial charge in [-0.15, -0.1) is 19.0 Å². The van der Waals surface area contributed by atoms with Crippen LogP contribution >= 0.6 is 12.4 Å². The van der Waals surface area contributed by atoms with Gasteiger partial charge in [0.05, 0.1) is 6.04 Å². The van der Waals surface area contributed by atoms with Gasteiger partial charge in [-0.2, -0.15) is 0 Å². The Balaban J connectivity index is 0.00000289. The molecule has 0 fully saturated rings. The highest BCUT2D eigenvalue weighted by Gasteiger charge is 2.15. The second-order valence-corrected chi connectivity index (χ2v) is 4.23. The third-order valence-electron chi connectivity index (χ3n) is 2.54. The van der Waals surface area contributed by atoms with E-state index in [1.54, 1.807) is 6.08 Å². The lowest BCUT2D eigenvalue weighted by molar-refractivity contribution is -0.122. The van der Waals surface area contributed by atoms with E-state index in [0.717, 1.165) is 12.0 Å². The molecule has 0 aliphatic heterocycles. The Kier molecular flexibility index (Phi) is 8.08. The highest BCUT2D eigenvalue weighted by Crippen LogP contribution is 2.02. The van der Waals surface area contributed by atoms with Gasteiger partial charge in [-0.05, 0) is 25.3 Å². The Labute approximate surface area is 115 Å². The summed E-state index contributed by atoms with van der Waals surface area (Å²) < 4.78 is 0. The van der Waals surface area contributed by atoms with Crippen LogP contribution in [0.2, 0.25) is 0 Å². The summed E-state index contributed by atoms with van der Waals surface area (Å²) in [5.74, 6) is -0.108. The number of halogens is 1. The zero-order valence-electron chi connectivity index (χ0n) is 10.6. The minimum Gasteiger partial charge on any atom is -0.352 e. The molecule has 0 saturated heterocycles. The molecule has 3 N–H and O–H groups in total. The molecule has 18 heavy (non-hydrogen) atoms. The maximum atomic E-state index is 11.8. The molecule has 0 heterocycles. The Morgan fingerprint density at radius 1 is 1.44 bits per heavy atom. The quantitative estimate of drug-likeness (QED) is 0.776. The first-order valence-electron chi connectivity index (χ1n) is 5.84. The predicted molar refractivity (Wildman–Crippen MR) is 77.8 cm³/mol. The van der Waals surface area contributed by atoms with Crippen molar-refractivity contribution in [3.63, 3.8) is 0 Å². The third-order valence-corrected chi connectivity index (χ3v) is 2.54. The van der Waals surface area contributed by atoms with E-state index in [-0.39, 0.29) is 24.4 Å². The number of hydrogen-bond donors (Lipinski definition) is 2. The minimum absolute atomic E-state index is 0. The number of nitrogens with two attached hydrogens (primary N) is 1. The van der Waals surface area contributed by atoms with Crippen LogP contribution in [0.15, 0.2) is 43.0 Å². The van der Waals surface area contributed by atoms with Gasteiger partial charge in [0.2, 0.25) is 5.91 Å². The average molecular weight is 269 g/mol. The van der Waals surface area contributed by atoms with Crippen LogP contribution in [0.4, 0.5) is 0 Å².